The van der Waals surface area contributed by atoms with Crippen LogP contribution in [0.4, 0.5) is 0 Å². The van der Waals surface area contributed by atoms with E-state index in [1.165, 1.54) is 16.5 Å². The molecule has 1 fully saturated rings. The average Bonchev–Trinajstić information content (AvgIpc) is 2.88. The predicted molar refractivity (Wildman–Crippen MR) is 56.4 cm³/mol. The van der Waals surface area contributed by atoms with E-state index < -0.39 is 0 Å². The van der Waals surface area contributed by atoms with Crippen LogP contribution in [0.2, 0.25) is 0 Å². The van der Waals surface area contributed by atoms with E-state index in [1.54, 1.807) is 0 Å². The molecule has 14 heavy (non-hydrogen) atoms. The Balaban J connectivity index is 2.13. The molecule has 0 aliphatic carbocycles. The Labute approximate surface area is 83.1 Å². The van der Waals surface area contributed by atoms with E-state index in [2.05, 4.69) is 42.0 Å². The Hall–Kier alpha value is -1.28. The van der Waals surface area contributed by atoms with E-state index in [0.717, 1.165) is 13.2 Å². The third-order valence-corrected chi connectivity index (χ3v) is 2.79. The fourth-order valence-electron chi connectivity index (χ4n) is 2.00. The molecular weight excluding hydrogens is 174 g/mol. The fraction of sp³-hybridized carbons (Fsp3) is 0.333. The quantitative estimate of drug-likeness (QED) is 0.660. The third-order valence-electron chi connectivity index (χ3n) is 2.79. The Morgan fingerprint density at radius 2 is 2.29 bits per heavy atom. The number of rotatable bonds is 2. The van der Waals surface area contributed by atoms with Crippen molar-refractivity contribution >= 4 is 10.9 Å². The Bertz CT molecular complexity index is 468. The van der Waals surface area contributed by atoms with Crippen molar-refractivity contribution in [1.29, 1.82) is 0 Å². The van der Waals surface area contributed by atoms with Crippen LogP contribution in [0.15, 0.2) is 30.5 Å². The van der Waals surface area contributed by atoms with E-state index in [9.17, 15) is 0 Å². The SMILES string of the molecule is Cc1cccc2ccn(CC3CO3)c12. The molecule has 0 bridgehead atoms. The molecule has 0 N–H and O–H groups in total. The number of epoxide rings is 1. The maximum Gasteiger partial charge on any atom is 0.0988 e. The van der Waals surface area contributed by atoms with Gasteiger partial charge in [0.15, 0.2) is 0 Å². The van der Waals surface area contributed by atoms with Gasteiger partial charge in [-0.2, -0.15) is 0 Å². The summed E-state index contributed by atoms with van der Waals surface area (Å²) in [6, 6.07) is 8.60. The number of fused-ring (bicyclic) bond motifs is 1. The molecule has 2 nitrogen and oxygen atoms in total. The molecule has 1 saturated heterocycles. The highest BCUT2D eigenvalue weighted by Crippen LogP contribution is 2.22. The molecule has 72 valence electrons. The Morgan fingerprint density at radius 1 is 1.43 bits per heavy atom. The fourth-order valence-corrected chi connectivity index (χ4v) is 2.00. The normalized spacial score (nSPS) is 20.2. The number of hydrogen-bond acceptors (Lipinski definition) is 1. The van der Waals surface area contributed by atoms with Gasteiger partial charge < -0.3 is 9.30 Å². The summed E-state index contributed by atoms with van der Waals surface area (Å²) in [5.41, 5.74) is 2.69. The lowest BCUT2D eigenvalue weighted by molar-refractivity contribution is 0.385. The van der Waals surface area contributed by atoms with Crippen LogP contribution in [0.3, 0.4) is 0 Å². The zero-order valence-electron chi connectivity index (χ0n) is 8.23. The number of benzene rings is 1. The Kier molecular flexibility index (Phi) is 1.64. The molecule has 0 amide bonds. The molecule has 3 rings (SSSR count). The molecule has 0 radical (unpaired) electrons. The lowest BCUT2D eigenvalue weighted by Gasteiger charge is -2.04. The summed E-state index contributed by atoms with van der Waals surface area (Å²) in [6.07, 6.45) is 2.60. The van der Waals surface area contributed by atoms with Crippen LogP contribution in [-0.2, 0) is 11.3 Å². The molecule has 1 aromatic carbocycles. The Morgan fingerprint density at radius 3 is 3.07 bits per heavy atom. The minimum Gasteiger partial charge on any atom is -0.371 e. The summed E-state index contributed by atoms with van der Waals surface area (Å²) >= 11 is 0. The smallest absolute Gasteiger partial charge is 0.0988 e. The monoisotopic (exact) mass is 187 g/mol. The summed E-state index contributed by atoms with van der Waals surface area (Å²) in [5, 5.41) is 1.32. The number of ether oxygens (including phenoxy) is 1. The molecule has 1 unspecified atom stereocenters. The first-order valence-corrected chi connectivity index (χ1v) is 5.00. The molecule has 2 heterocycles. The molecule has 1 aliphatic rings. The molecule has 1 aromatic heterocycles. The second-order valence-electron chi connectivity index (χ2n) is 3.94. The molecule has 2 aromatic rings. The van der Waals surface area contributed by atoms with Crippen LogP contribution in [0.5, 0.6) is 0 Å². The molecule has 1 aliphatic heterocycles. The zero-order chi connectivity index (χ0) is 9.54. The van der Waals surface area contributed by atoms with Crippen LogP contribution in [0.1, 0.15) is 5.56 Å². The van der Waals surface area contributed by atoms with Gasteiger partial charge in [0.1, 0.15) is 0 Å². The second-order valence-corrected chi connectivity index (χ2v) is 3.94. The number of aromatic nitrogens is 1. The second kappa shape index (κ2) is 2.85. The maximum atomic E-state index is 5.25. The van der Waals surface area contributed by atoms with E-state index >= 15 is 0 Å². The largest absolute Gasteiger partial charge is 0.371 e. The van der Waals surface area contributed by atoms with Gasteiger partial charge in [0.2, 0.25) is 0 Å². The van der Waals surface area contributed by atoms with Crippen LogP contribution in [0.25, 0.3) is 10.9 Å². The minimum atomic E-state index is 0.449. The first kappa shape index (κ1) is 8.06. The number of para-hydroxylation sites is 1. The van der Waals surface area contributed by atoms with Gasteiger partial charge >= 0.3 is 0 Å². The van der Waals surface area contributed by atoms with Gasteiger partial charge in [0.25, 0.3) is 0 Å². The van der Waals surface area contributed by atoms with Crippen LogP contribution >= 0.6 is 0 Å². The highest BCUT2D eigenvalue weighted by atomic mass is 16.6. The molecule has 1 atom stereocenters. The summed E-state index contributed by atoms with van der Waals surface area (Å²) in [5.74, 6) is 0. The summed E-state index contributed by atoms with van der Waals surface area (Å²) in [7, 11) is 0. The molecular formula is C12H13NO. The predicted octanol–water partition coefficient (Wildman–Crippen LogP) is 2.35. The van der Waals surface area contributed by atoms with E-state index in [0.29, 0.717) is 6.10 Å². The van der Waals surface area contributed by atoms with Gasteiger partial charge in [0, 0.05) is 6.20 Å². The zero-order valence-corrected chi connectivity index (χ0v) is 8.23. The minimum absolute atomic E-state index is 0.449. The topological polar surface area (TPSA) is 17.5 Å². The van der Waals surface area contributed by atoms with Gasteiger partial charge in [-0.3, -0.25) is 0 Å². The van der Waals surface area contributed by atoms with Crippen LogP contribution in [-0.4, -0.2) is 17.3 Å². The van der Waals surface area contributed by atoms with Crippen molar-refractivity contribution < 1.29 is 4.74 Å². The summed E-state index contributed by atoms with van der Waals surface area (Å²) in [4.78, 5) is 0. The van der Waals surface area contributed by atoms with Crippen LogP contribution < -0.4 is 0 Å². The van der Waals surface area contributed by atoms with E-state index in [-0.39, 0.29) is 0 Å². The molecule has 2 heteroatoms. The standard InChI is InChI=1S/C12H13NO/c1-9-3-2-4-10-5-6-13(12(9)10)7-11-8-14-11/h2-6,11H,7-8H2,1H3. The highest BCUT2D eigenvalue weighted by Gasteiger charge is 2.23. The van der Waals surface area contributed by atoms with Gasteiger partial charge in [-0.25, -0.2) is 0 Å². The van der Waals surface area contributed by atoms with E-state index in [1.807, 2.05) is 0 Å². The van der Waals surface area contributed by atoms with Crippen molar-refractivity contribution in [2.75, 3.05) is 6.61 Å². The first-order chi connectivity index (χ1) is 6.84. The number of nitrogens with zero attached hydrogens (tertiary/aromatic N) is 1. The van der Waals surface area contributed by atoms with Crippen LogP contribution in [0, 0.1) is 6.92 Å². The van der Waals surface area contributed by atoms with E-state index in [4.69, 9.17) is 4.74 Å². The lowest BCUT2D eigenvalue weighted by atomic mass is 10.2. The van der Waals surface area contributed by atoms with Crippen molar-refractivity contribution in [3.8, 4) is 0 Å². The third kappa shape index (κ3) is 1.23. The highest BCUT2D eigenvalue weighted by molar-refractivity contribution is 5.83. The van der Waals surface area contributed by atoms with Crippen molar-refractivity contribution in [1.82, 2.24) is 4.57 Å². The summed E-state index contributed by atoms with van der Waals surface area (Å²) in [6.45, 7) is 4.08. The number of hydrogen-bond donors (Lipinski definition) is 0. The first-order valence-electron chi connectivity index (χ1n) is 5.00. The van der Waals surface area contributed by atoms with Crippen molar-refractivity contribution in [2.24, 2.45) is 0 Å². The average molecular weight is 187 g/mol. The van der Waals surface area contributed by atoms with Gasteiger partial charge in [0.05, 0.1) is 24.8 Å². The molecule has 0 spiro atoms. The molecule has 0 saturated carbocycles. The van der Waals surface area contributed by atoms with Gasteiger partial charge in [-0.05, 0) is 23.9 Å². The van der Waals surface area contributed by atoms with Gasteiger partial charge in [-0.1, -0.05) is 18.2 Å². The van der Waals surface area contributed by atoms with Crippen molar-refractivity contribution in [2.45, 2.75) is 19.6 Å². The van der Waals surface area contributed by atoms with Crippen molar-refractivity contribution in [3.63, 3.8) is 0 Å². The van der Waals surface area contributed by atoms with Gasteiger partial charge in [-0.15, -0.1) is 0 Å². The maximum absolute atomic E-state index is 5.25. The number of aryl methyl sites for hydroxylation is 1. The van der Waals surface area contributed by atoms with Crippen molar-refractivity contribution in [3.05, 3.63) is 36.0 Å². The lowest BCUT2D eigenvalue weighted by Crippen LogP contribution is -2.02. The summed E-state index contributed by atoms with van der Waals surface area (Å²) < 4.78 is 7.54.